The molecule has 0 saturated carbocycles. The summed E-state index contributed by atoms with van der Waals surface area (Å²) < 4.78 is 0.837. The van der Waals surface area contributed by atoms with Crippen LogP contribution in [0.2, 0.25) is 5.02 Å². The van der Waals surface area contributed by atoms with Crippen molar-refractivity contribution in [3.8, 4) is 0 Å². The zero-order valence-electron chi connectivity index (χ0n) is 11.7. The summed E-state index contributed by atoms with van der Waals surface area (Å²) in [5.41, 5.74) is 0.648. The first-order chi connectivity index (χ1) is 9.60. The van der Waals surface area contributed by atoms with Gasteiger partial charge in [-0.2, -0.15) is 0 Å². The lowest BCUT2D eigenvalue weighted by atomic mass is 9.99. The normalized spacial score (nSPS) is 18.9. The Morgan fingerprint density at radius 2 is 2.30 bits per heavy atom. The Morgan fingerprint density at radius 3 is 2.90 bits per heavy atom. The summed E-state index contributed by atoms with van der Waals surface area (Å²) in [6, 6.07) is 5.35. The van der Waals surface area contributed by atoms with Crippen LogP contribution in [-0.4, -0.2) is 37.0 Å². The standard InChI is InChI=1S/C15H20BrClN2O/c1-2-19(10-11-4-3-5-18-9-11)15(20)12-6-13(16)8-14(17)7-12/h6-8,11,18H,2-5,9-10H2,1H3. The number of hydrogen-bond donors (Lipinski definition) is 1. The SMILES string of the molecule is CCN(CC1CCCNC1)C(=O)c1cc(Cl)cc(Br)c1. The number of halogens is 2. The summed E-state index contributed by atoms with van der Waals surface area (Å²) in [6.07, 6.45) is 2.38. The Labute approximate surface area is 133 Å². The molecule has 1 fully saturated rings. The van der Waals surface area contributed by atoms with Crippen LogP contribution >= 0.6 is 27.5 Å². The summed E-state index contributed by atoms with van der Waals surface area (Å²) in [4.78, 5) is 14.5. The largest absolute Gasteiger partial charge is 0.339 e. The lowest BCUT2D eigenvalue weighted by Gasteiger charge is -2.29. The second-order valence-electron chi connectivity index (χ2n) is 5.21. The molecule has 0 bridgehead atoms. The van der Waals surface area contributed by atoms with E-state index in [-0.39, 0.29) is 5.91 Å². The van der Waals surface area contributed by atoms with E-state index in [1.807, 2.05) is 17.9 Å². The van der Waals surface area contributed by atoms with Gasteiger partial charge in [-0.25, -0.2) is 0 Å². The Bertz CT molecular complexity index is 455. The lowest BCUT2D eigenvalue weighted by Crippen LogP contribution is -2.41. The Kier molecular flexibility index (Phi) is 5.87. The molecule has 1 aliphatic heterocycles. The zero-order chi connectivity index (χ0) is 14.5. The Hall–Kier alpha value is -0.580. The van der Waals surface area contributed by atoms with E-state index in [1.165, 1.54) is 12.8 Å². The fraction of sp³-hybridized carbons (Fsp3) is 0.533. The number of amides is 1. The van der Waals surface area contributed by atoms with Crippen molar-refractivity contribution in [3.63, 3.8) is 0 Å². The summed E-state index contributed by atoms with van der Waals surface area (Å²) >= 11 is 9.41. The van der Waals surface area contributed by atoms with Crippen LogP contribution in [0.5, 0.6) is 0 Å². The number of benzene rings is 1. The molecule has 1 aromatic carbocycles. The molecular formula is C15H20BrClN2O. The van der Waals surface area contributed by atoms with Crippen LogP contribution in [0, 0.1) is 5.92 Å². The predicted molar refractivity (Wildman–Crippen MR) is 86.3 cm³/mol. The maximum atomic E-state index is 12.6. The van der Waals surface area contributed by atoms with Gasteiger partial charge in [0.25, 0.3) is 5.91 Å². The van der Waals surface area contributed by atoms with Gasteiger partial charge in [-0.15, -0.1) is 0 Å². The first kappa shape index (κ1) is 15.8. The summed E-state index contributed by atoms with van der Waals surface area (Å²) in [5, 5.41) is 3.98. The number of hydrogen-bond acceptors (Lipinski definition) is 2. The van der Waals surface area contributed by atoms with Crippen LogP contribution in [0.15, 0.2) is 22.7 Å². The molecule has 1 amide bonds. The minimum Gasteiger partial charge on any atom is -0.339 e. The van der Waals surface area contributed by atoms with Gasteiger partial charge in [-0.3, -0.25) is 4.79 Å². The number of nitrogens with one attached hydrogen (secondary N) is 1. The summed E-state index contributed by atoms with van der Waals surface area (Å²) in [5.74, 6) is 0.608. The van der Waals surface area contributed by atoms with Gasteiger partial charge >= 0.3 is 0 Å². The van der Waals surface area contributed by atoms with Crippen LogP contribution in [0.25, 0.3) is 0 Å². The average molecular weight is 360 g/mol. The Morgan fingerprint density at radius 1 is 1.50 bits per heavy atom. The van der Waals surface area contributed by atoms with Crippen molar-refractivity contribution in [3.05, 3.63) is 33.3 Å². The van der Waals surface area contributed by atoms with Crippen molar-refractivity contribution in [1.82, 2.24) is 10.2 Å². The molecule has 1 atom stereocenters. The third-order valence-corrected chi connectivity index (χ3v) is 4.33. The van der Waals surface area contributed by atoms with Crippen LogP contribution in [-0.2, 0) is 0 Å². The van der Waals surface area contributed by atoms with Crippen molar-refractivity contribution >= 4 is 33.4 Å². The topological polar surface area (TPSA) is 32.3 Å². The van der Waals surface area contributed by atoms with Crippen molar-refractivity contribution < 1.29 is 4.79 Å². The number of rotatable bonds is 4. The van der Waals surface area contributed by atoms with Gasteiger partial charge in [0.2, 0.25) is 0 Å². The number of carbonyl (C=O) groups is 1. The fourth-order valence-corrected chi connectivity index (χ4v) is 3.47. The van der Waals surface area contributed by atoms with Crippen LogP contribution < -0.4 is 5.32 Å². The van der Waals surface area contributed by atoms with E-state index in [2.05, 4.69) is 21.2 Å². The van der Waals surface area contributed by atoms with Crippen LogP contribution in [0.4, 0.5) is 0 Å². The maximum Gasteiger partial charge on any atom is 0.253 e. The molecule has 20 heavy (non-hydrogen) atoms. The highest BCUT2D eigenvalue weighted by Gasteiger charge is 2.21. The van der Waals surface area contributed by atoms with Crippen LogP contribution in [0.3, 0.4) is 0 Å². The highest BCUT2D eigenvalue weighted by Crippen LogP contribution is 2.21. The van der Waals surface area contributed by atoms with Crippen molar-refractivity contribution in [1.29, 1.82) is 0 Å². The molecule has 1 unspecified atom stereocenters. The van der Waals surface area contributed by atoms with E-state index in [0.717, 1.165) is 30.7 Å². The minimum atomic E-state index is 0.0567. The minimum absolute atomic E-state index is 0.0567. The van der Waals surface area contributed by atoms with E-state index in [1.54, 1.807) is 12.1 Å². The molecule has 3 nitrogen and oxygen atoms in total. The van der Waals surface area contributed by atoms with Crippen LogP contribution in [0.1, 0.15) is 30.1 Å². The summed E-state index contributed by atoms with van der Waals surface area (Å²) in [6.45, 7) is 5.65. The van der Waals surface area contributed by atoms with Gasteiger partial charge in [0.15, 0.2) is 0 Å². The van der Waals surface area contributed by atoms with Gasteiger partial charge in [-0.05, 0) is 57.0 Å². The summed E-state index contributed by atoms with van der Waals surface area (Å²) in [7, 11) is 0. The van der Waals surface area contributed by atoms with Gasteiger partial charge in [0, 0.05) is 28.1 Å². The van der Waals surface area contributed by atoms with E-state index in [4.69, 9.17) is 11.6 Å². The van der Waals surface area contributed by atoms with Gasteiger partial charge in [0.1, 0.15) is 0 Å². The molecule has 1 aliphatic rings. The first-order valence-electron chi connectivity index (χ1n) is 7.06. The predicted octanol–water partition coefficient (Wildman–Crippen LogP) is 3.56. The molecule has 5 heteroatoms. The second-order valence-corrected chi connectivity index (χ2v) is 6.57. The Balaban J connectivity index is 2.07. The van der Waals surface area contributed by atoms with E-state index in [0.29, 0.717) is 16.5 Å². The molecule has 1 N–H and O–H groups in total. The molecule has 1 aromatic rings. The molecular weight excluding hydrogens is 340 g/mol. The molecule has 110 valence electrons. The molecule has 2 rings (SSSR count). The zero-order valence-corrected chi connectivity index (χ0v) is 14.0. The molecule has 0 radical (unpaired) electrons. The van der Waals surface area contributed by atoms with E-state index in [9.17, 15) is 4.79 Å². The van der Waals surface area contributed by atoms with Gasteiger partial charge < -0.3 is 10.2 Å². The van der Waals surface area contributed by atoms with E-state index >= 15 is 0 Å². The number of nitrogens with zero attached hydrogens (tertiary/aromatic N) is 1. The van der Waals surface area contributed by atoms with Crippen molar-refractivity contribution in [2.24, 2.45) is 5.92 Å². The molecule has 0 spiro atoms. The molecule has 0 aromatic heterocycles. The number of carbonyl (C=O) groups excluding carboxylic acids is 1. The smallest absolute Gasteiger partial charge is 0.253 e. The molecule has 1 saturated heterocycles. The van der Waals surface area contributed by atoms with E-state index < -0.39 is 0 Å². The van der Waals surface area contributed by atoms with Gasteiger partial charge in [-0.1, -0.05) is 27.5 Å². The highest BCUT2D eigenvalue weighted by molar-refractivity contribution is 9.10. The quantitative estimate of drug-likeness (QED) is 0.891. The third kappa shape index (κ3) is 4.21. The molecule has 0 aliphatic carbocycles. The first-order valence-corrected chi connectivity index (χ1v) is 8.23. The second kappa shape index (κ2) is 7.43. The monoisotopic (exact) mass is 358 g/mol. The van der Waals surface area contributed by atoms with Gasteiger partial charge in [0.05, 0.1) is 0 Å². The fourth-order valence-electron chi connectivity index (χ4n) is 2.61. The van der Waals surface area contributed by atoms with Crippen molar-refractivity contribution in [2.45, 2.75) is 19.8 Å². The lowest BCUT2D eigenvalue weighted by molar-refractivity contribution is 0.0729. The maximum absolute atomic E-state index is 12.6. The molecule has 1 heterocycles. The third-order valence-electron chi connectivity index (χ3n) is 3.66. The average Bonchev–Trinajstić information content (AvgIpc) is 2.44. The van der Waals surface area contributed by atoms with Crippen molar-refractivity contribution in [2.75, 3.05) is 26.2 Å². The highest BCUT2D eigenvalue weighted by atomic mass is 79.9. The number of piperidine rings is 1.